The van der Waals surface area contributed by atoms with E-state index < -0.39 is 5.97 Å². The van der Waals surface area contributed by atoms with E-state index in [9.17, 15) is 9.59 Å². The van der Waals surface area contributed by atoms with Gasteiger partial charge in [-0.2, -0.15) is 0 Å². The van der Waals surface area contributed by atoms with Crippen molar-refractivity contribution in [1.29, 1.82) is 0 Å². The average Bonchev–Trinajstić information content (AvgIpc) is 2.95. The third-order valence-corrected chi connectivity index (χ3v) is 8.69. The number of hydrogen-bond acceptors (Lipinski definition) is 7. The van der Waals surface area contributed by atoms with Gasteiger partial charge < -0.3 is 9.47 Å². The summed E-state index contributed by atoms with van der Waals surface area (Å²) in [6.07, 6.45) is 1.43. The van der Waals surface area contributed by atoms with E-state index in [0.717, 1.165) is 20.9 Å². The van der Waals surface area contributed by atoms with E-state index in [1.165, 1.54) is 34.6 Å². The first kappa shape index (κ1) is 30.3. The Morgan fingerprint density at radius 1 is 0.659 bits per heavy atom. The third kappa shape index (κ3) is 8.92. The van der Waals surface area contributed by atoms with Gasteiger partial charge in [0.05, 0.1) is 0 Å². The van der Waals surface area contributed by atoms with E-state index in [2.05, 4.69) is 56.8 Å². The Morgan fingerprint density at radius 3 is 1.56 bits per heavy atom. The molecule has 4 aromatic carbocycles. The highest BCUT2D eigenvalue weighted by atomic mass is 32.2. The first-order chi connectivity index (χ1) is 19.7. The first-order valence-electron chi connectivity index (χ1n) is 12.8. The van der Waals surface area contributed by atoms with Gasteiger partial charge >= 0.3 is 11.9 Å². The molecule has 0 saturated carbocycles. The Labute approximate surface area is 254 Å². The number of carbonyl (C=O) groups excluding carboxylic acids is 2. The second-order valence-electron chi connectivity index (χ2n) is 9.44. The molecule has 0 spiro atoms. The predicted octanol–water partition coefficient (Wildman–Crippen LogP) is 9.54. The molecule has 0 bridgehead atoms. The molecule has 0 atom stereocenters. The molecule has 4 aromatic rings. The van der Waals surface area contributed by atoms with Crippen LogP contribution in [0.4, 0.5) is 0 Å². The number of hydrogen-bond donors (Lipinski definition) is 0. The van der Waals surface area contributed by atoms with Crippen molar-refractivity contribution in [1.82, 2.24) is 0 Å². The molecule has 7 heteroatoms. The number of thioether (sulfide) groups is 2. The summed E-state index contributed by atoms with van der Waals surface area (Å²) in [6, 6.07) is 31.6. The quantitative estimate of drug-likeness (QED) is 0.0737. The number of ether oxygens (including phenoxy) is 2. The van der Waals surface area contributed by atoms with Gasteiger partial charge in [-0.25, -0.2) is 4.79 Å². The summed E-state index contributed by atoms with van der Waals surface area (Å²) in [7, 11) is 0. The van der Waals surface area contributed by atoms with Crippen molar-refractivity contribution in [2.24, 2.45) is 0 Å². The fourth-order valence-electron chi connectivity index (χ4n) is 3.94. The maximum atomic E-state index is 12.4. The van der Waals surface area contributed by atoms with Crippen LogP contribution in [0.2, 0.25) is 0 Å². The molecular formula is C34H30O4S3. The molecule has 0 unspecified atom stereocenters. The fourth-order valence-corrected chi connectivity index (χ4v) is 5.87. The van der Waals surface area contributed by atoms with Crippen molar-refractivity contribution in [3.63, 3.8) is 0 Å². The molecule has 0 aliphatic carbocycles. The SMILES string of the molecule is C=CSc1ccc(Sc2ccc(S/C=C/C(=O)Oc3ccc(C(C)(C)c4ccc(OC(C)=O)cc4)cc3)cc2)cc1. The summed E-state index contributed by atoms with van der Waals surface area (Å²) in [5, 5.41) is 3.56. The summed E-state index contributed by atoms with van der Waals surface area (Å²) in [5.74, 6) is 0.214. The Hall–Kier alpha value is -3.65. The zero-order valence-corrected chi connectivity index (χ0v) is 25.5. The molecule has 0 saturated heterocycles. The van der Waals surface area contributed by atoms with Crippen molar-refractivity contribution >= 4 is 47.2 Å². The van der Waals surface area contributed by atoms with Crippen molar-refractivity contribution in [3.8, 4) is 11.5 Å². The number of benzene rings is 4. The van der Waals surface area contributed by atoms with Gasteiger partial charge in [-0.3, -0.25) is 4.79 Å². The van der Waals surface area contributed by atoms with Crippen molar-refractivity contribution in [3.05, 3.63) is 132 Å². The predicted molar refractivity (Wildman–Crippen MR) is 170 cm³/mol. The van der Waals surface area contributed by atoms with Crippen LogP contribution in [0.1, 0.15) is 31.9 Å². The summed E-state index contributed by atoms with van der Waals surface area (Å²) < 4.78 is 10.6. The van der Waals surface area contributed by atoms with Crippen LogP contribution in [0.25, 0.3) is 0 Å². The van der Waals surface area contributed by atoms with E-state index in [1.54, 1.807) is 53.2 Å². The van der Waals surface area contributed by atoms with Crippen LogP contribution in [0.5, 0.6) is 11.5 Å². The molecule has 4 rings (SSSR count). The molecular weight excluding hydrogens is 569 g/mol. The number of carbonyl (C=O) groups is 2. The first-order valence-corrected chi connectivity index (χ1v) is 15.4. The van der Waals surface area contributed by atoms with Crippen LogP contribution in [0.3, 0.4) is 0 Å². The Balaban J connectivity index is 1.27. The Kier molecular flexibility index (Phi) is 10.6. The Bertz CT molecular complexity index is 1510. The van der Waals surface area contributed by atoms with E-state index in [4.69, 9.17) is 9.47 Å². The lowest BCUT2D eigenvalue weighted by atomic mass is 9.78. The van der Waals surface area contributed by atoms with Gasteiger partial charge in [-0.1, -0.05) is 80.0 Å². The molecule has 0 aliphatic rings. The van der Waals surface area contributed by atoms with Crippen molar-refractivity contribution < 1.29 is 19.1 Å². The molecule has 0 heterocycles. The van der Waals surface area contributed by atoms with Crippen molar-refractivity contribution in [2.75, 3.05) is 0 Å². The van der Waals surface area contributed by atoms with Gasteiger partial charge in [0.15, 0.2) is 0 Å². The van der Waals surface area contributed by atoms with Crippen LogP contribution in [0, 0.1) is 0 Å². The summed E-state index contributed by atoms with van der Waals surface area (Å²) >= 11 is 4.77. The number of rotatable bonds is 11. The summed E-state index contributed by atoms with van der Waals surface area (Å²) in [5.41, 5.74) is 1.84. The van der Waals surface area contributed by atoms with Gasteiger partial charge in [-0.15, -0.1) is 0 Å². The zero-order chi connectivity index (χ0) is 29.2. The van der Waals surface area contributed by atoms with Crippen LogP contribution >= 0.6 is 35.3 Å². The van der Waals surface area contributed by atoms with Gasteiger partial charge in [0.1, 0.15) is 11.5 Å². The van der Waals surface area contributed by atoms with Crippen molar-refractivity contribution in [2.45, 2.75) is 45.8 Å². The van der Waals surface area contributed by atoms with Crippen LogP contribution in [-0.4, -0.2) is 11.9 Å². The molecule has 0 N–H and O–H groups in total. The van der Waals surface area contributed by atoms with E-state index in [1.807, 2.05) is 41.8 Å². The largest absolute Gasteiger partial charge is 0.427 e. The molecule has 4 nitrogen and oxygen atoms in total. The summed E-state index contributed by atoms with van der Waals surface area (Å²) in [6.45, 7) is 9.35. The maximum Gasteiger partial charge on any atom is 0.336 e. The van der Waals surface area contributed by atoms with Gasteiger partial charge in [0.25, 0.3) is 0 Å². The lowest BCUT2D eigenvalue weighted by Crippen LogP contribution is -2.18. The smallest absolute Gasteiger partial charge is 0.336 e. The minimum Gasteiger partial charge on any atom is -0.427 e. The second-order valence-corrected chi connectivity index (χ2v) is 12.6. The normalized spacial score (nSPS) is 11.3. The third-order valence-electron chi connectivity index (χ3n) is 6.14. The summed E-state index contributed by atoms with van der Waals surface area (Å²) in [4.78, 5) is 28.1. The molecule has 0 aliphatic heterocycles. The van der Waals surface area contributed by atoms with Crippen LogP contribution in [-0.2, 0) is 15.0 Å². The molecule has 0 aromatic heterocycles. The van der Waals surface area contributed by atoms with Gasteiger partial charge in [-0.05, 0) is 94.7 Å². The highest BCUT2D eigenvalue weighted by molar-refractivity contribution is 8.02. The lowest BCUT2D eigenvalue weighted by Gasteiger charge is -2.26. The monoisotopic (exact) mass is 598 g/mol. The average molecular weight is 599 g/mol. The molecule has 208 valence electrons. The highest BCUT2D eigenvalue weighted by Gasteiger charge is 2.23. The van der Waals surface area contributed by atoms with Crippen LogP contribution in [0.15, 0.2) is 140 Å². The maximum absolute atomic E-state index is 12.4. The molecule has 0 radical (unpaired) electrons. The van der Waals surface area contributed by atoms with E-state index in [0.29, 0.717) is 11.5 Å². The zero-order valence-electron chi connectivity index (χ0n) is 23.0. The minimum atomic E-state index is -0.434. The van der Waals surface area contributed by atoms with Gasteiger partial charge in [0.2, 0.25) is 0 Å². The Morgan fingerprint density at radius 2 is 1.10 bits per heavy atom. The number of esters is 2. The van der Waals surface area contributed by atoms with E-state index in [-0.39, 0.29) is 11.4 Å². The second kappa shape index (κ2) is 14.3. The molecule has 0 amide bonds. The van der Waals surface area contributed by atoms with Crippen LogP contribution < -0.4 is 9.47 Å². The van der Waals surface area contributed by atoms with E-state index >= 15 is 0 Å². The topological polar surface area (TPSA) is 52.6 Å². The highest BCUT2D eigenvalue weighted by Crippen LogP contribution is 2.34. The molecule has 0 fully saturated rings. The lowest BCUT2D eigenvalue weighted by molar-refractivity contribution is -0.132. The fraction of sp³-hybridized carbons (Fsp3) is 0.118. The van der Waals surface area contributed by atoms with Gasteiger partial charge in [0, 0.05) is 38.0 Å². The standard InChI is InChI=1S/C34H30O4S3/c1-5-39-29-14-18-31(19-15-29)41-32-20-16-30(17-21-32)40-23-22-33(36)38-28-12-8-26(9-13-28)34(3,4)25-6-10-27(11-7-25)37-24(2)35/h5-23H,1H2,2-4H3/b23-22+. The minimum absolute atomic E-state index is 0.295. The molecule has 41 heavy (non-hydrogen) atoms.